The Morgan fingerprint density at radius 2 is 1.62 bits per heavy atom. The van der Waals surface area contributed by atoms with Crippen LogP contribution < -0.4 is 4.74 Å². The van der Waals surface area contributed by atoms with Gasteiger partial charge in [-0.25, -0.2) is 19.9 Å². The molecule has 4 aromatic rings. The van der Waals surface area contributed by atoms with Crippen LogP contribution in [0.4, 0.5) is 13.2 Å². The fourth-order valence-corrected chi connectivity index (χ4v) is 3.71. The number of para-hydroxylation sites is 1. The maximum Gasteiger partial charge on any atom is 0.418 e. The van der Waals surface area contributed by atoms with Crippen molar-refractivity contribution < 1.29 is 17.9 Å². The van der Waals surface area contributed by atoms with Gasteiger partial charge < -0.3 is 4.74 Å². The van der Waals surface area contributed by atoms with Crippen molar-refractivity contribution in [2.75, 3.05) is 0 Å². The quantitative estimate of drug-likeness (QED) is 0.358. The van der Waals surface area contributed by atoms with Gasteiger partial charge in [0.1, 0.15) is 18.7 Å². The van der Waals surface area contributed by atoms with Gasteiger partial charge in [-0.05, 0) is 30.0 Å². The number of ether oxygens (including phenoxy) is 1. The number of rotatable bonds is 5. The predicted octanol–water partition coefficient (Wildman–Crippen LogP) is 6.42. The van der Waals surface area contributed by atoms with Crippen molar-refractivity contribution in [1.82, 2.24) is 19.9 Å². The van der Waals surface area contributed by atoms with E-state index in [9.17, 15) is 13.2 Å². The Morgan fingerprint density at radius 3 is 2.31 bits per heavy atom. The molecule has 8 heteroatoms. The molecule has 4 rings (SSSR count). The van der Waals surface area contributed by atoms with Crippen LogP contribution in [0.2, 0.25) is 0 Å². The smallest absolute Gasteiger partial charge is 0.418 e. The van der Waals surface area contributed by atoms with Crippen molar-refractivity contribution in [2.45, 2.75) is 52.3 Å². The van der Waals surface area contributed by atoms with Crippen molar-refractivity contribution in [3.05, 3.63) is 65.5 Å². The lowest BCUT2D eigenvalue weighted by Crippen LogP contribution is -2.11. The van der Waals surface area contributed by atoms with E-state index in [1.807, 2.05) is 19.9 Å². The predicted molar refractivity (Wildman–Crippen MR) is 117 cm³/mol. The zero-order valence-corrected chi connectivity index (χ0v) is 18.2. The third kappa shape index (κ3) is 4.22. The standard InChI is InChI=1S/C24H23F3N4O/c1-13(2)21-16-9-8-15(10-19(16)28-12-29-21)32-11-20-30-22(14(3)4)17-6-5-7-18(23(17)31-20)24(25,26)27/h5-10,12-14H,11H2,1-4H3. The largest absolute Gasteiger partial charge is 0.486 e. The molecule has 0 spiro atoms. The van der Waals surface area contributed by atoms with Gasteiger partial charge in [0.2, 0.25) is 0 Å². The molecular formula is C24H23F3N4O. The SMILES string of the molecule is CC(C)c1ncnc2cc(OCc3nc(C(C)C)c4cccc(C(F)(F)F)c4n3)ccc12. The van der Waals surface area contributed by atoms with Crippen LogP contribution in [-0.4, -0.2) is 19.9 Å². The Morgan fingerprint density at radius 1 is 0.875 bits per heavy atom. The number of halogens is 3. The van der Waals surface area contributed by atoms with Crippen LogP contribution in [0.15, 0.2) is 42.7 Å². The summed E-state index contributed by atoms with van der Waals surface area (Å²) in [6.07, 6.45) is -2.99. The number of benzene rings is 2. The minimum absolute atomic E-state index is 0.0600. The lowest BCUT2D eigenvalue weighted by molar-refractivity contribution is -0.136. The van der Waals surface area contributed by atoms with E-state index in [2.05, 4.69) is 33.8 Å². The molecule has 0 N–H and O–H groups in total. The maximum absolute atomic E-state index is 13.6. The van der Waals surface area contributed by atoms with Crippen LogP contribution in [-0.2, 0) is 12.8 Å². The van der Waals surface area contributed by atoms with E-state index in [1.54, 1.807) is 18.2 Å². The number of alkyl halides is 3. The zero-order chi connectivity index (χ0) is 23.0. The Bertz CT molecular complexity index is 1290. The molecule has 32 heavy (non-hydrogen) atoms. The molecule has 2 aromatic heterocycles. The van der Waals surface area contributed by atoms with Crippen LogP contribution in [0.1, 0.15) is 62.3 Å². The average molecular weight is 440 g/mol. The summed E-state index contributed by atoms with van der Waals surface area (Å²) in [6.45, 7) is 7.84. The molecule has 0 atom stereocenters. The van der Waals surface area contributed by atoms with Crippen molar-refractivity contribution >= 4 is 21.8 Å². The van der Waals surface area contributed by atoms with Gasteiger partial charge in [-0.2, -0.15) is 13.2 Å². The number of nitrogens with zero attached hydrogens (tertiary/aromatic N) is 4. The van der Waals surface area contributed by atoms with Crippen molar-refractivity contribution in [3.8, 4) is 5.75 Å². The summed E-state index contributed by atoms with van der Waals surface area (Å²) < 4.78 is 46.5. The molecule has 166 valence electrons. The average Bonchev–Trinajstić information content (AvgIpc) is 2.75. The summed E-state index contributed by atoms with van der Waals surface area (Å²) in [7, 11) is 0. The first-order chi connectivity index (χ1) is 15.1. The second-order valence-electron chi connectivity index (χ2n) is 8.26. The monoisotopic (exact) mass is 440 g/mol. The summed E-state index contributed by atoms with van der Waals surface area (Å²) in [5.41, 5.74) is 1.37. The fraction of sp³-hybridized carbons (Fsp3) is 0.333. The summed E-state index contributed by atoms with van der Waals surface area (Å²) in [4.78, 5) is 17.4. The maximum atomic E-state index is 13.6. The topological polar surface area (TPSA) is 60.8 Å². The molecule has 0 saturated heterocycles. The molecule has 0 aliphatic rings. The van der Waals surface area contributed by atoms with Crippen LogP contribution >= 0.6 is 0 Å². The van der Waals surface area contributed by atoms with E-state index in [0.29, 0.717) is 16.8 Å². The molecule has 2 heterocycles. The molecule has 0 fully saturated rings. The highest BCUT2D eigenvalue weighted by Gasteiger charge is 2.34. The number of hydrogen-bond acceptors (Lipinski definition) is 5. The van der Waals surface area contributed by atoms with Gasteiger partial charge in [0, 0.05) is 16.8 Å². The van der Waals surface area contributed by atoms with Crippen LogP contribution in [0.25, 0.3) is 21.8 Å². The molecule has 0 saturated carbocycles. The van der Waals surface area contributed by atoms with Gasteiger partial charge in [-0.15, -0.1) is 0 Å². The number of aromatic nitrogens is 4. The van der Waals surface area contributed by atoms with Gasteiger partial charge in [0.15, 0.2) is 5.82 Å². The highest BCUT2D eigenvalue weighted by molar-refractivity contribution is 5.85. The van der Waals surface area contributed by atoms with Crippen molar-refractivity contribution in [2.24, 2.45) is 0 Å². The number of hydrogen-bond donors (Lipinski definition) is 0. The first-order valence-electron chi connectivity index (χ1n) is 10.4. The molecule has 0 radical (unpaired) electrons. The van der Waals surface area contributed by atoms with Gasteiger partial charge in [-0.3, -0.25) is 0 Å². The lowest BCUT2D eigenvalue weighted by atomic mass is 10.0. The van der Waals surface area contributed by atoms with Gasteiger partial charge in [0.05, 0.1) is 28.0 Å². The Labute approximate surface area is 183 Å². The normalized spacial score (nSPS) is 12.3. The van der Waals surface area contributed by atoms with Gasteiger partial charge in [0.25, 0.3) is 0 Å². The molecule has 0 amide bonds. The minimum atomic E-state index is -4.51. The van der Waals surface area contributed by atoms with Crippen LogP contribution in [0.3, 0.4) is 0 Å². The summed E-state index contributed by atoms with van der Waals surface area (Å²) in [5, 5.41) is 1.34. The second-order valence-corrected chi connectivity index (χ2v) is 8.26. The van der Waals surface area contributed by atoms with Crippen LogP contribution in [0.5, 0.6) is 5.75 Å². The third-order valence-electron chi connectivity index (χ3n) is 5.21. The van der Waals surface area contributed by atoms with E-state index >= 15 is 0 Å². The molecular weight excluding hydrogens is 417 g/mol. The summed E-state index contributed by atoms with van der Waals surface area (Å²) >= 11 is 0. The molecule has 0 aliphatic carbocycles. The van der Waals surface area contributed by atoms with E-state index in [0.717, 1.165) is 22.7 Å². The van der Waals surface area contributed by atoms with Crippen molar-refractivity contribution in [1.29, 1.82) is 0 Å². The molecule has 0 unspecified atom stereocenters. The minimum Gasteiger partial charge on any atom is -0.486 e. The van der Waals surface area contributed by atoms with E-state index in [1.165, 1.54) is 12.4 Å². The molecule has 5 nitrogen and oxygen atoms in total. The summed E-state index contributed by atoms with van der Waals surface area (Å²) in [5.74, 6) is 0.901. The Balaban J connectivity index is 1.70. The second kappa shape index (κ2) is 8.33. The molecule has 0 aliphatic heterocycles. The first-order valence-corrected chi connectivity index (χ1v) is 10.4. The Hall–Kier alpha value is -3.29. The summed E-state index contributed by atoms with van der Waals surface area (Å²) in [6, 6.07) is 9.53. The Kier molecular flexibility index (Phi) is 5.71. The fourth-order valence-electron chi connectivity index (χ4n) is 3.71. The van der Waals surface area contributed by atoms with E-state index in [-0.39, 0.29) is 29.8 Å². The highest BCUT2D eigenvalue weighted by atomic mass is 19.4. The van der Waals surface area contributed by atoms with Gasteiger partial charge >= 0.3 is 6.18 Å². The van der Waals surface area contributed by atoms with Crippen molar-refractivity contribution in [3.63, 3.8) is 0 Å². The third-order valence-corrected chi connectivity index (χ3v) is 5.21. The highest BCUT2D eigenvalue weighted by Crippen LogP contribution is 2.36. The van der Waals surface area contributed by atoms with Gasteiger partial charge in [-0.1, -0.05) is 39.8 Å². The lowest BCUT2D eigenvalue weighted by Gasteiger charge is -2.15. The van der Waals surface area contributed by atoms with E-state index < -0.39 is 11.7 Å². The number of fused-ring (bicyclic) bond motifs is 2. The van der Waals surface area contributed by atoms with E-state index in [4.69, 9.17) is 4.74 Å². The van der Waals surface area contributed by atoms with Crippen LogP contribution in [0, 0.1) is 0 Å². The zero-order valence-electron chi connectivity index (χ0n) is 18.2. The molecule has 0 bridgehead atoms. The molecule has 2 aromatic carbocycles. The first kappa shape index (κ1) is 21.9.